The Kier molecular flexibility index (Phi) is 85.9. The summed E-state index contributed by atoms with van der Waals surface area (Å²) in [5.41, 5.74) is 0. The van der Waals surface area contributed by atoms with Crippen LogP contribution in [0, 0.1) is 0 Å². The minimum absolute atomic E-state index is 0. The number of ether oxygens (including phenoxy) is 1. The van der Waals surface area contributed by atoms with Gasteiger partial charge in [-0.05, 0) is 39.2 Å². The summed E-state index contributed by atoms with van der Waals surface area (Å²) in [4.78, 5) is 0. The quantitative estimate of drug-likeness (QED) is 0.0359. The lowest BCUT2D eigenvalue weighted by molar-refractivity contribution is 0.125. The molecule has 47 heavy (non-hydrogen) atoms. The molecule has 6 nitrogen and oxygen atoms in total. The van der Waals surface area contributed by atoms with Crippen LogP contribution in [0.1, 0.15) is 221 Å². The van der Waals surface area contributed by atoms with Crippen LogP contribution in [0.25, 0.3) is 0 Å². The zero-order valence-electron chi connectivity index (χ0n) is 33.3. The van der Waals surface area contributed by atoms with Crippen LogP contribution in [0.3, 0.4) is 0 Å². The van der Waals surface area contributed by atoms with Gasteiger partial charge in [0.1, 0.15) is 0 Å². The summed E-state index contributed by atoms with van der Waals surface area (Å²) in [5.74, 6) is 0. The van der Waals surface area contributed by atoms with E-state index in [0.29, 0.717) is 13.2 Å². The first-order chi connectivity index (χ1) is 22.2. The molecule has 0 spiro atoms. The van der Waals surface area contributed by atoms with Crippen molar-refractivity contribution in [2.24, 2.45) is 0 Å². The van der Waals surface area contributed by atoms with E-state index >= 15 is 0 Å². The van der Waals surface area contributed by atoms with Gasteiger partial charge in [0, 0.05) is 26.4 Å². The molecule has 0 saturated carbocycles. The van der Waals surface area contributed by atoms with Gasteiger partial charge >= 0.3 is 0 Å². The second kappa shape index (κ2) is 68.1. The zero-order chi connectivity index (χ0) is 34.2. The van der Waals surface area contributed by atoms with Crippen molar-refractivity contribution in [3.63, 3.8) is 0 Å². The fourth-order valence-electron chi connectivity index (χ4n) is 4.85. The molecule has 0 aliphatic rings. The molecule has 0 heterocycles. The van der Waals surface area contributed by atoms with Gasteiger partial charge in [0.25, 0.3) is 0 Å². The zero-order valence-corrected chi connectivity index (χ0v) is 34.1. The van der Waals surface area contributed by atoms with Gasteiger partial charge in [-0.2, -0.15) is 0 Å². The van der Waals surface area contributed by atoms with E-state index in [-0.39, 0.29) is 11.0 Å². The monoisotopic (exact) mass is 700 g/mol. The van der Waals surface area contributed by atoms with Crippen LogP contribution >= 0.6 is 12.9 Å². The molecule has 7 heteroatoms. The Bertz CT molecular complexity index is 386. The summed E-state index contributed by atoms with van der Waals surface area (Å²) in [6.45, 7) is 15.1. The second-order valence-electron chi connectivity index (χ2n) is 12.8. The van der Waals surface area contributed by atoms with E-state index in [4.69, 9.17) is 9.84 Å². The van der Waals surface area contributed by atoms with Gasteiger partial charge in [-0.1, -0.05) is 202 Å². The Hall–Kier alpha value is 0.110. The number of thiol groups is 1. The average Bonchev–Trinajstić information content (AvgIpc) is 3.06. The minimum atomic E-state index is 0. The molecule has 0 bridgehead atoms. The van der Waals surface area contributed by atoms with Crippen molar-refractivity contribution in [1.82, 2.24) is 5.32 Å². The molecule has 0 aromatic rings. The third-order valence-electron chi connectivity index (χ3n) is 7.95. The van der Waals surface area contributed by atoms with E-state index in [0.717, 1.165) is 32.6 Å². The number of nitrogens with one attached hydrogen (secondary N) is 1. The van der Waals surface area contributed by atoms with Crippen LogP contribution in [0.5, 0.6) is 0 Å². The molecule has 0 aromatic heterocycles. The Morgan fingerprint density at radius 1 is 0.404 bits per heavy atom. The summed E-state index contributed by atoms with van der Waals surface area (Å²) in [7, 11) is 1.87. The van der Waals surface area contributed by atoms with Crippen molar-refractivity contribution in [2.45, 2.75) is 221 Å². The van der Waals surface area contributed by atoms with Crippen LogP contribution in [0.2, 0.25) is 0 Å². The van der Waals surface area contributed by atoms with E-state index in [1.54, 1.807) is 0 Å². The molecule has 0 aliphatic carbocycles. The van der Waals surface area contributed by atoms with Gasteiger partial charge < -0.3 is 30.3 Å². The standard InChI is InChI=1S/C15H32.C14H30O2.C8H18.C3H9NOS.2H2O/c1-3-5-7-9-11-13-15-14-12-10-8-6-4-2;1-2-3-4-7-10-13-16-14-11-8-5-6-9-12-15;1-3-5-7-8-6-4-2;1-4-2-3-5-6;;/h3-15H2,1-2H3;15H,2-14H2,1H3;3-8H2,1-2H3;4,6H,2-3H2,1H3;2*1H2. The van der Waals surface area contributed by atoms with E-state index in [2.05, 4.69) is 57.0 Å². The number of aliphatic hydroxyl groups excluding tert-OH is 1. The second-order valence-corrected chi connectivity index (χ2v) is 13.0. The van der Waals surface area contributed by atoms with Gasteiger partial charge in [-0.25, -0.2) is 0 Å². The Morgan fingerprint density at radius 2 is 0.660 bits per heavy atom. The fourth-order valence-corrected chi connectivity index (χ4v) is 4.94. The summed E-state index contributed by atoms with van der Waals surface area (Å²) in [6, 6.07) is 0. The smallest absolute Gasteiger partial charge is 0.0735 e. The van der Waals surface area contributed by atoms with Crippen molar-refractivity contribution < 1.29 is 25.0 Å². The van der Waals surface area contributed by atoms with E-state index in [9.17, 15) is 0 Å². The number of hydrogen-bond donors (Lipinski definition) is 3. The topological polar surface area (TPSA) is 114 Å². The molecular formula is C40H93NO5S. The third-order valence-corrected chi connectivity index (χ3v) is 8.13. The van der Waals surface area contributed by atoms with E-state index < -0.39 is 0 Å². The van der Waals surface area contributed by atoms with Crippen LogP contribution in [0.4, 0.5) is 0 Å². The van der Waals surface area contributed by atoms with E-state index in [1.165, 1.54) is 173 Å². The van der Waals surface area contributed by atoms with Crippen molar-refractivity contribution in [2.75, 3.05) is 40.0 Å². The van der Waals surface area contributed by atoms with Crippen LogP contribution < -0.4 is 5.32 Å². The molecule has 0 unspecified atom stereocenters. The number of likely N-dealkylation sites (N-methyl/N-ethyl adjacent to an activating group) is 1. The lowest BCUT2D eigenvalue weighted by atomic mass is 10.1. The summed E-state index contributed by atoms with van der Waals surface area (Å²) < 4.78 is 9.99. The number of aliphatic hydroxyl groups is 1. The lowest BCUT2D eigenvalue weighted by Gasteiger charge is -2.04. The maximum Gasteiger partial charge on any atom is 0.0735 e. The summed E-state index contributed by atoms with van der Waals surface area (Å²) in [5, 5.41) is 11.5. The maximum atomic E-state index is 8.60. The van der Waals surface area contributed by atoms with E-state index in [1.807, 2.05) is 7.05 Å². The van der Waals surface area contributed by atoms with Crippen molar-refractivity contribution >= 4 is 12.9 Å². The normalized spacial score (nSPS) is 9.96. The highest BCUT2D eigenvalue weighted by atomic mass is 32.1. The molecule has 0 aromatic carbocycles. The number of hydrogen-bond acceptors (Lipinski definition) is 5. The van der Waals surface area contributed by atoms with Crippen LogP contribution in [-0.2, 0) is 8.92 Å². The molecular weight excluding hydrogens is 607 g/mol. The molecule has 0 aliphatic heterocycles. The highest BCUT2D eigenvalue weighted by Crippen LogP contribution is 2.12. The highest BCUT2D eigenvalue weighted by molar-refractivity contribution is 7.75. The highest BCUT2D eigenvalue weighted by Gasteiger charge is 1.94. The van der Waals surface area contributed by atoms with Gasteiger partial charge in [0.2, 0.25) is 0 Å². The van der Waals surface area contributed by atoms with Gasteiger partial charge in [0.15, 0.2) is 0 Å². The molecule has 0 fully saturated rings. The molecule has 294 valence electrons. The van der Waals surface area contributed by atoms with Gasteiger partial charge in [-0.3, -0.25) is 0 Å². The van der Waals surface area contributed by atoms with Crippen LogP contribution in [-0.4, -0.2) is 56.1 Å². The molecule has 0 amide bonds. The van der Waals surface area contributed by atoms with Crippen molar-refractivity contribution in [3.05, 3.63) is 0 Å². The maximum absolute atomic E-state index is 8.60. The van der Waals surface area contributed by atoms with Crippen molar-refractivity contribution in [3.8, 4) is 0 Å². The third kappa shape index (κ3) is 81.8. The molecule has 0 saturated heterocycles. The predicted octanol–water partition coefficient (Wildman–Crippen LogP) is 11.8. The van der Waals surface area contributed by atoms with Gasteiger partial charge in [0.05, 0.1) is 6.61 Å². The minimum Gasteiger partial charge on any atom is -0.412 e. The summed E-state index contributed by atoms with van der Waals surface area (Å²) in [6.07, 6.45) is 39.8. The number of unbranched alkanes of at least 4 members (excludes halogenated alkanes) is 25. The molecule has 0 atom stereocenters. The SMILES string of the molecule is CCCCCCCC.CCCCCCCCCCCCCCC.CCCCCCCOCCCCCCCO.CNCCOS.O.O. The van der Waals surface area contributed by atoms with Crippen LogP contribution in [0.15, 0.2) is 0 Å². The average molecular weight is 700 g/mol. The van der Waals surface area contributed by atoms with Gasteiger partial charge in [-0.15, -0.1) is 0 Å². The van der Waals surface area contributed by atoms with Crippen molar-refractivity contribution in [1.29, 1.82) is 0 Å². The largest absolute Gasteiger partial charge is 0.412 e. The number of rotatable bonds is 33. The Labute approximate surface area is 303 Å². The molecule has 0 radical (unpaired) electrons. The lowest BCUT2D eigenvalue weighted by Crippen LogP contribution is -2.11. The first-order valence-corrected chi connectivity index (χ1v) is 20.6. The predicted molar refractivity (Wildman–Crippen MR) is 216 cm³/mol. The Morgan fingerprint density at radius 3 is 0.872 bits per heavy atom. The first-order valence-electron chi connectivity index (χ1n) is 20.3. The molecule has 0 rings (SSSR count). The summed E-state index contributed by atoms with van der Waals surface area (Å²) >= 11 is 3.51. The first kappa shape index (κ1) is 59.3. The molecule has 6 N–H and O–H groups in total. The fraction of sp³-hybridized carbons (Fsp3) is 1.00. The Balaban J connectivity index is -0.000000125.